The number of hydrogen-bond donors (Lipinski definition) is 1. The summed E-state index contributed by atoms with van der Waals surface area (Å²) in [5, 5.41) is 10.7. The van der Waals surface area contributed by atoms with E-state index in [1.807, 2.05) is 0 Å². The Morgan fingerprint density at radius 2 is 1.47 bits per heavy atom. The Hall–Kier alpha value is -2.76. The topological polar surface area (TPSA) is 93.6 Å². The first-order valence-corrected chi connectivity index (χ1v) is 9.11. The van der Waals surface area contributed by atoms with Gasteiger partial charge in [0.15, 0.2) is 17.3 Å². The summed E-state index contributed by atoms with van der Waals surface area (Å²) in [5.41, 5.74) is -7.19. The fraction of sp³-hybridized carbons (Fsp3) is 0.500. The van der Waals surface area contributed by atoms with Gasteiger partial charge in [0.05, 0.1) is 23.1 Å². The van der Waals surface area contributed by atoms with Crippen LogP contribution >= 0.6 is 0 Å². The third-order valence-electron chi connectivity index (χ3n) is 4.99. The number of rotatable bonds is 4. The fourth-order valence-corrected chi connectivity index (χ4v) is 3.31. The lowest BCUT2D eigenvalue weighted by Crippen LogP contribution is -2.54. The molecule has 0 radical (unpaired) electrons. The van der Waals surface area contributed by atoms with Gasteiger partial charge in [0, 0.05) is 5.56 Å². The molecule has 176 valence electrons. The second kappa shape index (κ2) is 7.98. The number of hydrogen-bond acceptors (Lipinski definition) is 6. The predicted octanol–water partition coefficient (Wildman–Crippen LogP) is 4.22. The summed E-state index contributed by atoms with van der Waals surface area (Å²) in [4.78, 5) is 41.4. The highest BCUT2D eigenvalue weighted by Gasteiger charge is 2.57. The zero-order valence-electron chi connectivity index (χ0n) is 17.4. The van der Waals surface area contributed by atoms with Gasteiger partial charge >= 0.3 is 12.4 Å². The fourth-order valence-electron chi connectivity index (χ4n) is 3.31. The molecular formula is C20H19F6NO5. The first kappa shape index (κ1) is 25.5. The van der Waals surface area contributed by atoms with Crippen molar-refractivity contribution in [3.05, 3.63) is 34.7 Å². The summed E-state index contributed by atoms with van der Waals surface area (Å²) in [6, 6.07) is 1.10. The molecule has 2 rings (SSSR count). The smallest absolute Gasteiger partial charge is 0.433 e. The molecule has 6 nitrogen and oxygen atoms in total. The molecule has 12 heteroatoms. The first-order chi connectivity index (χ1) is 14.3. The van der Waals surface area contributed by atoms with Crippen LogP contribution in [0, 0.1) is 10.8 Å². The number of ether oxygens (including phenoxy) is 1. The number of aliphatic hydroxyl groups is 1. The van der Waals surface area contributed by atoms with Crippen LogP contribution in [0.1, 0.15) is 44.6 Å². The highest BCUT2D eigenvalue weighted by atomic mass is 19.4. The van der Waals surface area contributed by atoms with Gasteiger partial charge in [0.1, 0.15) is 23.6 Å². The maximum atomic E-state index is 13.0. The average Bonchev–Trinajstić information content (AvgIpc) is 2.64. The number of Topliss-reactive ketones (excluding diaryl/α,β-unsaturated/α-hetero) is 3. The number of carbonyl (C=O) groups excluding carboxylic acids is 3. The van der Waals surface area contributed by atoms with Crippen molar-refractivity contribution in [3.63, 3.8) is 0 Å². The molecule has 1 aromatic rings. The molecule has 0 spiro atoms. The summed E-state index contributed by atoms with van der Waals surface area (Å²) in [6.45, 7) is 1.96. The molecule has 0 atom stereocenters. The number of nitrogens with zero attached hydrogens (tertiary/aromatic N) is 1. The molecular weight excluding hydrogens is 448 g/mol. The van der Waals surface area contributed by atoms with Crippen LogP contribution in [0.15, 0.2) is 17.7 Å². The molecule has 1 fully saturated rings. The van der Waals surface area contributed by atoms with Crippen molar-refractivity contribution in [2.24, 2.45) is 10.8 Å². The molecule has 1 saturated carbocycles. The van der Waals surface area contributed by atoms with E-state index in [9.17, 15) is 45.8 Å². The maximum Gasteiger partial charge on any atom is 0.433 e. The molecule has 1 heterocycles. The summed E-state index contributed by atoms with van der Waals surface area (Å²) in [6.07, 6.45) is -9.75. The van der Waals surface area contributed by atoms with Crippen LogP contribution in [0.3, 0.4) is 0 Å². The SMILES string of the molecule is CC1(C)C(=O)C(=C(O)c2ccc(C(F)(F)F)nc2COCC(F)(F)F)C(=O)C(C)(C)C1=O. The van der Waals surface area contributed by atoms with E-state index >= 15 is 0 Å². The van der Waals surface area contributed by atoms with Gasteiger partial charge in [0.25, 0.3) is 0 Å². The van der Waals surface area contributed by atoms with Crippen molar-refractivity contribution in [1.29, 1.82) is 0 Å². The molecule has 0 amide bonds. The number of aromatic nitrogens is 1. The number of ketones is 3. The number of pyridine rings is 1. The minimum atomic E-state index is -4.97. The Balaban J connectivity index is 2.68. The third kappa shape index (κ3) is 4.69. The number of aliphatic hydroxyl groups excluding tert-OH is 1. The zero-order chi connectivity index (χ0) is 24.9. The largest absolute Gasteiger partial charge is 0.506 e. The Morgan fingerprint density at radius 3 is 1.91 bits per heavy atom. The predicted molar refractivity (Wildman–Crippen MR) is 97.1 cm³/mol. The summed E-state index contributed by atoms with van der Waals surface area (Å²) >= 11 is 0. The lowest BCUT2D eigenvalue weighted by atomic mass is 9.60. The molecule has 1 N–H and O–H groups in total. The van der Waals surface area contributed by atoms with E-state index in [2.05, 4.69) is 9.72 Å². The highest BCUT2D eigenvalue weighted by Crippen LogP contribution is 2.43. The lowest BCUT2D eigenvalue weighted by molar-refractivity contribution is -0.177. The van der Waals surface area contributed by atoms with Gasteiger partial charge in [0.2, 0.25) is 0 Å². The Labute approximate surface area is 178 Å². The van der Waals surface area contributed by atoms with Gasteiger partial charge in [-0.05, 0) is 39.8 Å². The van der Waals surface area contributed by atoms with Gasteiger partial charge in [-0.25, -0.2) is 4.98 Å². The molecule has 1 aromatic heterocycles. The molecule has 0 unspecified atom stereocenters. The van der Waals surface area contributed by atoms with Gasteiger partial charge in [-0.1, -0.05) is 0 Å². The summed E-state index contributed by atoms with van der Waals surface area (Å²) in [5.74, 6) is -3.98. The van der Waals surface area contributed by atoms with E-state index in [1.165, 1.54) is 27.7 Å². The Kier molecular flexibility index (Phi) is 6.36. The van der Waals surface area contributed by atoms with Crippen molar-refractivity contribution < 1.29 is 50.6 Å². The van der Waals surface area contributed by atoms with Crippen LogP contribution in [-0.4, -0.2) is 40.2 Å². The van der Waals surface area contributed by atoms with E-state index in [4.69, 9.17) is 0 Å². The van der Waals surface area contributed by atoms with Crippen LogP contribution in [0.25, 0.3) is 5.76 Å². The molecule has 32 heavy (non-hydrogen) atoms. The summed E-state index contributed by atoms with van der Waals surface area (Å²) in [7, 11) is 0. The minimum absolute atomic E-state index is 0.429. The van der Waals surface area contributed by atoms with E-state index in [-0.39, 0.29) is 0 Å². The number of carbonyl (C=O) groups is 3. The van der Waals surface area contributed by atoms with Crippen LogP contribution in [-0.2, 0) is 31.9 Å². The molecule has 1 aliphatic carbocycles. The number of alkyl halides is 6. The van der Waals surface area contributed by atoms with Crippen molar-refractivity contribution in [3.8, 4) is 0 Å². The van der Waals surface area contributed by atoms with Gasteiger partial charge < -0.3 is 9.84 Å². The van der Waals surface area contributed by atoms with Crippen LogP contribution in [0.4, 0.5) is 26.3 Å². The summed E-state index contributed by atoms with van der Waals surface area (Å²) < 4.78 is 80.6. The molecule has 0 bridgehead atoms. The Morgan fingerprint density at radius 1 is 0.969 bits per heavy atom. The van der Waals surface area contributed by atoms with E-state index < -0.39 is 82.0 Å². The quantitative estimate of drug-likeness (QED) is 0.234. The average molecular weight is 467 g/mol. The van der Waals surface area contributed by atoms with Gasteiger partial charge in [-0.3, -0.25) is 14.4 Å². The van der Waals surface area contributed by atoms with Gasteiger partial charge in [-0.15, -0.1) is 0 Å². The Bertz CT molecular complexity index is 973. The van der Waals surface area contributed by atoms with E-state index in [1.54, 1.807) is 0 Å². The minimum Gasteiger partial charge on any atom is -0.506 e. The lowest BCUT2D eigenvalue weighted by Gasteiger charge is -2.37. The molecule has 0 saturated heterocycles. The highest BCUT2D eigenvalue weighted by molar-refractivity contribution is 6.40. The second-order valence-corrected chi connectivity index (χ2v) is 8.26. The normalized spacial score (nSPS) is 18.8. The molecule has 0 aromatic carbocycles. The van der Waals surface area contributed by atoms with Crippen molar-refractivity contribution in [2.45, 2.75) is 46.7 Å². The number of halogens is 6. The first-order valence-electron chi connectivity index (χ1n) is 9.11. The standard InChI is InChI=1S/C20H19F6NO5/c1-17(2)14(29)12(15(30)18(3,4)16(17)31)13(28)9-5-6-11(20(24,25)26)27-10(9)7-32-8-19(21,22)23/h5-6,28H,7-8H2,1-4H3. The van der Waals surface area contributed by atoms with Gasteiger partial charge in [-0.2, -0.15) is 26.3 Å². The molecule has 1 aliphatic rings. The van der Waals surface area contributed by atoms with E-state index in [0.717, 1.165) is 0 Å². The number of allylic oxidation sites excluding steroid dienone is 1. The monoisotopic (exact) mass is 467 g/mol. The van der Waals surface area contributed by atoms with Crippen molar-refractivity contribution >= 4 is 23.1 Å². The van der Waals surface area contributed by atoms with Crippen LogP contribution in [0.2, 0.25) is 0 Å². The van der Waals surface area contributed by atoms with Crippen LogP contribution in [0.5, 0.6) is 0 Å². The van der Waals surface area contributed by atoms with Crippen molar-refractivity contribution in [1.82, 2.24) is 4.98 Å². The second-order valence-electron chi connectivity index (χ2n) is 8.26. The zero-order valence-corrected chi connectivity index (χ0v) is 17.4. The van der Waals surface area contributed by atoms with Crippen LogP contribution < -0.4 is 0 Å². The maximum absolute atomic E-state index is 13.0. The molecule has 0 aliphatic heterocycles. The van der Waals surface area contributed by atoms with Crippen molar-refractivity contribution in [2.75, 3.05) is 6.61 Å². The van der Waals surface area contributed by atoms with E-state index in [0.29, 0.717) is 12.1 Å². The third-order valence-corrected chi connectivity index (χ3v) is 4.99.